The lowest BCUT2D eigenvalue weighted by molar-refractivity contribution is -0.107. The van der Waals surface area contributed by atoms with E-state index in [-0.39, 0.29) is 0 Å². The molecule has 0 aliphatic heterocycles. The van der Waals surface area contributed by atoms with Gasteiger partial charge in [0.2, 0.25) is 12.8 Å². The average molecular weight is 417 g/mol. The fraction of sp³-hybridized carbons (Fsp3) is 0.364. The third kappa shape index (κ3) is 5.32. The highest BCUT2D eigenvalue weighted by Crippen LogP contribution is 2.38. The van der Waals surface area contributed by atoms with Gasteiger partial charge in [0.05, 0.1) is 33.3 Å². The summed E-state index contributed by atoms with van der Waals surface area (Å²) in [5, 5.41) is 0. The first-order valence-electron chi connectivity index (χ1n) is 9.33. The van der Waals surface area contributed by atoms with Crippen LogP contribution in [0, 0.1) is 13.8 Å². The van der Waals surface area contributed by atoms with Crippen LogP contribution in [-0.2, 0) is 9.59 Å². The van der Waals surface area contributed by atoms with Crippen molar-refractivity contribution in [2.45, 2.75) is 53.4 Å². The molecule has 6 heteroatoms. The standard InChI is InChI=1S/C22H28N2O2S2/c1-15(2)19-7-9-21(17(5)11-19)23(13-25)27-28-24(14-26)22-10-8-20(16(3)4)12-18(22)6/h7-16H,1-6H3. The highest BCUT2D eigenvalue weighted by molar-refractivity contribution is 8.78. The van der Waals surface area contributed by atoms with E-state index in [0.717, 1.165) is 35.3 Å². The number of carbonyl (C=O) groups excluding carboxylic acids is 2. The van der Waals surface area contributed by atoms with Gasteiger partial charge in [-0.2, -0.15) is 0 Å². The Hall–Kier alpha value is -1.92. The zero-order chi connectivity index (χ0) is 20.8. The SMILES string of the molecule is Cc1cc(C(C)C)ccc1N(C=O)SSN(C=O)c1ccc(C(C)C)cc1C. The lowest BCUT2D eigenvalue weighted by atomic mass is 10.0. The third-order valence-electron chi connectivity index (χ3n) is 4.64. The molecule has 28 heavy (non-hydrogen) atoms. The van der Waals surface area contributed by atoms with E-state index in [0.29, 0.717) is 11.8 Å². The lowest BCUT2D eigenvalue weighted by Gasteiger charge is -2.23. The second kappa shape index (κ2) is 10.0. The van der Waals surface area contributed by atoms with E-state index in [1.807, 2.05) is 38.1 Å². The predicted octanol–water partition coefficient (Wildman–Crippen LogP) is 6.39. The van der Waals surface area contributed by atoms with Crippen molar-refractivity contribution < 1.29 is 9.59 Å². The van der Waals surface area contributed by atoms with E-state index in [2.05, 4.69) is 39.8 Å². The summed E-state index contributed by atoms with van der Waals surface area (Å²) in [4.78, 5) is 23.4. The summed E-state index contributed by atoms with van der Waals surface area (Å²) < 4.78 is 3.11. The number of nitrogens with zero attached hydrogens (tertiary/aromatic N) is 2. The van der Waals surface area contributed by atoms with E-state index in [1.54, 1.807) is 8.61 Å². The van der Waals surface area contributed by atoms with Gasteiger partial charge in [0.1, 0.15) is 0 Å². The van der Waals surface area contributed by atoms with Crippen molar-refractivity contribution in [1.82, 2.24) is 0 Å². The number of anilines is 2. The fourth-order valence-electron chi connectivity index (χ4n) is 2.87. The molecule has 0 atom stereocenters. The maximum Gasteiger partial charge on any atom is 0.224 e. The van der Waals surface area contributed by atoms with Crippen molar-refractivity contribution >= 4 is 46.2 Å². The molecule has 4 nitrogen and oxygen atoms in total. The lowest BCUT2D eigenvalue weighted by Crippen LogP contribution is -2.16. The smallest absolute Gasteiger partial charge is 0.224 e. The van der Waals surface area contributed by atoms with Crippen LogP contribution in [0.3, 0.4) is 0 Å². The van der Waals surface area contributed by atoms with Crippen molar-refractivity contribution in [2.24, 2.45) is 0 Å². The molecule has 2 aromatic rings. The minimum absolute atomic E-state index is 0.432. The number of carbonyl (C=O) groups is 2. The first-order valence-corrected chi connectivity index (χ1v) is 11.4. The Kier molecular flexibility index (Phi) is 8.01. The van der Waals surface area contributed by atoms with Crippen molar-refractivity contribution in [3.63, 3.8) is 0 Å². The number of rotatable bonds is 9. The van der Waals surface area contributed by atoms with Gasteiger partial charge < -0.3 is 0 Å². The average Bonchev–Trinajstić information content (AvgIpc) is 2.66. The minimum Gasteiger partial charge on any atom is -0.277 e. The highest BCUT2D eigenvalue weighted by Gasteiger charge is 2.16. The minimum atomic E-state index is 0.432. The van der Waals surface area contributed by atoms with Crippen molar-refractivity contribution in [3.8, 4) is 0 Å². The topological polar surface area (TPSA) is 40.6 Å². The Labute approximate surface area is 176 Å². The van der Waals surface area contributed by atoms with Crippen LogP contribution in [0.4, 0.5) is 11.4 Å². The van der Waals surface area contributed by atoms with Gasteiger partial charge in [-0.25, -0.2) is 8.61 Å². The van der Waals surface area contributed by atoms with Crippen molar-refractivity contribution in [2.75, 3.05) is 8.61 Å². The molecule has 0 radical (unpaired) electrons. The molecule has 2 rings (SSSR count). The monoisotopic (exact) mass is 416 g/mol. The summed E-state index contributed by atoms with van der Waals surface area (Å²) in [6.45, 7) is 12.6. The summed E-state index contributed by atoms with van der Waals surface area (Å²) in [5.74, 6) is 0.864. The van der Waals surface area contributed by atoms with Gasteiger partial charge in [-0.1, -0.05) is 52.0 Å². The second-order valence-corrected chi connectivity index (χ2v) is 9.39. The molecule has 2 aromatic carbocycles. The van der Waals surface area contributed by atoms with E-state index in [4.69, 9.17) is 0 Å². The molecule has 0 heterocycles. The van der Waals surface area contributed by atoms with Crippen LogP contribution in [0.1, 0.15) is 61.8 Å². The van der Waals surface area contributed by atoms with Crippen LogP contribution in [0.15, 0.2) is 36.4 Å². The van der Waals surface area contributed by atoms with Crippen LogP contribution in [0.2, 0.25) is 0 Å². The number of hydrogen-bond donors (Lipinski definition) is 0. The van der Waals surface area contributed by atoms with Gasteiger partial charge in [0.15, 0.2) is 0 Å². The predicted molar refractivity (Wildman–Crippen MR) is 123 cm³/mol. The summed E-state index contributed by atoms with van der Waals surface area (Å²) >= 11 is 0. The molecule has 0 spiro atoms. The maximum absolute atomic E-state index is 11.7. The molecule has 0 aliphatic rings. The first-order chi connectivity index (χ1) is 13.3. The Morgan fingerprint density at radius 1 is 0.714 bits per heavy atom. The molecule has 0 aliphatic carbocycles. The van der Waals surface area contributed by atoms with E-state index < -0.39 is 0 Å². The maximum atomic E-state index is 11.7. The fourth-order valence-corrected chi connectivity index (χ4v) is 4.78. The molecule has 2 amide bonds. The Morgan fingerprint density at radius 3 is 1.32 bits per heavy atom. The zero-order valence-electron chi connectivity index (χ0n) is 17.3. The molecule has 0 unspecified atom stereocenters. The van der Waals surface area contributed by atoms with E-state index >= 15 is 0 Å². The largest absolute Gasteiger partial charge is 0.277 e. The Morgan fingerprint density at radius 2 is 1.07 bits per heavy atom. The Bertz CT molecular complexity index is 768. The molecule has 0 aromatic heterocycles. The van der Waals surface area contributed by atoms with Crippen LogP contribution in [0.25, 0.3) is 0 Å². The molecule has 0 bridgehead atoms. The van der Waals surface area contributed by atoms with Crippen LogP contribution in [0.5, 0.6) is 0 Å². The number of amides is 2. The van der Waals surface area contributed by atoms with Crippen molar-refractivity contribution in [1.29, 1.82) is 0 Å². The van der Waals surface area contributed by atoms with Gasteiger partial charge in [-0.05, 0) is 60.1 Å². The van der Waals surface area contributed by atoms with Crippen molar-refractivity contribution in [3.05, 3.63) is 58.7 Å². The van der Waals surface area contributed by atoms with Gasteiger partial charge in [0, 0.05) is 0 Å². The van der Waals surface area contributed by atoms with Gasteiger partial charge in [0.25, 0.3) is 0 Å². The van der Waals surface area contributed by atoms with Crippen LogP contribution in [-0.4, -0.2) is 12.8 Å². The van der Waals surface area contributed by atoms with E-state index in [9.17, 15) is 9.59 Å². The Balaban J connectivity index is 2.17. The summed E-state index contributed by atoms with van der Waals surface area (Å²) in [6.07, 6.45) is 1.57. The van der Waals surface area contributed by atoms with Crippen LogP contribution < -0.4 is 8.61 Å². The van der Waals surface area contributed by atoms with Gasteiger partial charge in [-0.15, -0.1) is 0 Å². The van der Waals surface area contributed by atoms with Gasteiger partial charge in [-0.3, -0.25) is 9.59 Å². The molecular formula is C22H28N2O2S2. The molecule has 0 saturated carbocycles. The quantitative estimate of drug-likeness (QED) is 0.270. The number of benzene rings is 2. The summed E-state index contributed by atoms with van der Waals surface area (Å²) in [7, 11) is 2.45. The molecule has 0 saturated heterocycles. The van der Waals surface area contributed by atoms with E-state index in [1.165, 1.54) is 33.1 Å². The molecule has 0 N–H and O–H groups in total. The zero-order valence-corrected chi connectivity index (χ0v) is 18.9. The summed E-state index contributed by atoms with van der Waals surface area (Å²) in [5.41, 5.74) is 6.19. The molecule has 150 valence electrons. The highest BCUT2D eigenvalue weighted by atomic mass is 33.1. The summed E-state index contributed by atoms with van der Waals surface area (Å²) in [6, 6.07) is 12.2. The second-order valence-electron chi connectivity index (χ2n) is 7.41. The molecule has 0 fully saturated rings. The third-order valence-corrected chi connectivity index (χ3v) is 6.75. The van der Waals surface area contributed by atoms with Crippen LogP contribution >= 0.6 is 22.0 Å². The molecular weight excluding hydrogens is 388 g/mol. The number of hydrogen-bond acceptors (Lipinski definition) is 4. The number of aryl methyl sites for hydroxylation is 2. The first kappa shape index (κ1) is 22.4. The van der Waals surface area contributed by atoms with Gasteiger partial charge >= 0.3 is 0 Å². The normalized spacial score (nSPS) is 11.0.